The Morgan fingerprint density at radius 2 is 1.81 bits per heavy atom. The lowest BCUT2D eigenvalue weighted by Crippen LogP contribution is -2.14. The molecule has 1 amide bonds. The highest BCUT2D eigenvalue weighted by Crippen LogP contribution is 2.27. The molecule has 0 aliphatic rings. The van der Waals surface area contributed by atoms with Crippen molar-refractivity contribution in [1.82, 2.24) is 4.98 Å². The zero-order valence-electron chi connectivity index (χ0n) is 16.1. The summed E-state index contributed by atoms with van der Waals surface area (Å²) in [6.07, 6.45) is 1.58. The molecule has 0 unspecified atom stereocenters. The average Bonchev–Trinajstić information content (AvgIpc) is 2.78. The van der Waals surface area contributed by atoms with Gasteiger partial charge in [-0.2, -0.15) is 0 Å². The van der Waals surface area contributed by atoms with Crippen LogP contribution in [-0.4, -0.2) is 22.4 Å². The molecule has 1 aromatic heterocycles. The fraction of sp³-hybridized carbons (Fsp3) is 0.0417. The number of nitrogens with zero attached hydrogens (tertiary/aromatic N) is 1. The molecule has 4 rings (SSSR count). The summed E-state index contributed by atoms with van der Waals surface area (Å²) < 4.78 is 14.0. The second-order valence-electron chi connectivity index (χ2n) is 6.70. The van der Waals surface area contributed by atoms with Crippen LogP contribution in [0.5, 0.6) is 0 Å². The van der Waals surface area contributed by atoms with Crippen LogP contribution in [0.15, 0.2) is 88.5 Å². The summed E-state index contributed by atoms with van der Waals surface area (Å²) in [4.78, 5) is 29.5. The monoisotopic (exact) mass is 494 g/mol. The SMILES string of the molecule is O=C(CSc1ncccc1C(=O)Nc1ccc2c(Br)cccc2c1)c1ccc(F)cc1. The predicted octanol–water partition coefficient (Wildman–Crippen LogP) is 6.36. The van der Waals surface area contributed by atoms with E-state index in [2.05, 4.69) is 26.2 Å². The maximum Gasteiger partial charge on any atom is 0.258 e. The van der Waals surface area contributed by atoms with E-state index in [1.165, 1.54) is 36.0 Å². The first-order valence-electron chi connectivity index (χ1n) is 9.37. The second kappa shape index (κ2) is 9.41. The first kappa shape index (κ1) is 21.2. The maximum atomic E-state index is 13.1. The molecule has 0 saturated carbocycles. The van der Waals surface area contributed by atoms with Crippen molar-refractivity contribution < 1.29 is 14.0 Å². The van der Waals surface area contributed by atoms with Gasteiger partial charge in [-0.25, -0.2) is 9.37 Å². The molecule has 154 valence electrons. The smallest absolute Gasteiger partial charge is 0.258 e. The lowest BCUT2D eigenvalue weighted by Gasteiger charge is -2.10. The number of pyridine rings is 1. The Morgan fingerprint density at radius 1 is 1.00 bits per heavy atom. The third-order valence-corrected chi connectivity index (χ3v) is 6.30. The summed E-state index contributed by atoms with van der Waals surface area (Å²) in [5.74, 6) is -0.775. The molecule has 3 aromatic carbocycles. The number of benzene rings is 3. The minimum Gasteiger partial charge on any atom is -0.322 e. The van der Waals surface area contributed by atoms with Crippen LogP contribution in [0, 0.1) is 5.82 Å². The van der Waals surface area contributed by atoms with E-state index in [1.54, 1.807) is 18.3 Å². The van der Waals surface area contributed by atoms with Crippen molar-refractivity contribution >= 4 is 55.8 Å². The number of fused-ring (bicyclic) bond motifs is 1. The Bertz CT molecular complexity index is 1280. The lowest BCUT2D eigenvalue weighted by atomic mass is 10.1. The van der Waals surface area contributed by atoms with Gasteiger partial charge in [0.05, 0.1) is 11.3 Å². The zero-order chi connectivity index (χ0) is 21.8. The van der Waals surface area contributed by atoms with Gasteiger partial charge in [-0.3, -0.25) is 9.59 Å². The van der Waals surface area contributed by atoms with Gasteiger partial charge in [-0.1, -0.05) is 45.9 Å². The van der Waals surface area contributed by atoms with Gasteiger partial charge in [0.15, 0.2) is 5.78 Å². The quantitative estimate of drug-likeness (QED) is 0.250. The maximum absolute atomic E-state index is 13.1. The van der Waals surface area contributed by atoms with Crippen LogP contribution in [0.1, 0.15) is 20.7 Å². The molecule has 0 aliphatic carbocycles. The van der Waals surface area contributed by atoms with Gasteiger partial charge >= 0.3 is 0 Å². The first-order valence-corrected chi connectivity index (χ1v) is 11.2. The van der Waals surface area contributed by atoms with Gasteiger partial charge in [0.1, 0.15) is 10.8 Å². The van der Waals surface area contributed by atoms with Gasteiger partial charge in [0.2, 0.25) is 0 Å². The van der Waals surface area contributed by atoms with Crippen LogP contribution in [0.4, 0.5) is 10.1 Å². The van der Waals surface area contributed by atoms with E-state index >= 15 is 0 Å². The lowest BCUT2D eigenvalue weighted by molar-refractivity contribution is 0.101. The topological polar surface area (TPSA) is 59.1 Å². The summed E-state index contributed by atoms with van der Waals surface area (Å²) in [6, 6.07) is 20.3. The summed E-state index contributed by atoms with van der Waals surface area (Å²) in [7, 11) is 0. The van der Waals surface area contributed by atoms with Crippen LogP contribution in [0.25, 0.3) is 10.8 Å². The predicted molar refractivity (Wildman–Crippen MR) is 125 cm³/mol. The molecule has 7 heteroatoms. The molecule has 4 aromatic rings. The molecule has 0 saturated heterocycles. The summed E-state index contributed by atoms with van der Waals surface area (Å²) in [5, 5.41) is 5.41. The molecular formula is C24H16BrFN2O2S. The van der Waals surface area contributed by atoms with Crippen molar-refractivity contribution in [3.8, 4) is 0 Å². The van der Waals surface area contributed by atoms with E-state index in [-0.39, 0.29) is 17.4 Å². The number of hydrogen-bond donors (Lipinski definition) is 1. The minimum atomic E-state index is -0.395. The zero-order valence-corrected chi connectivity index (χ0v) is 18.5. The van der Waals surface area contributed by atoms with E-state index in [4.69, 9.17) is 0 Å². The number of carbonyl (C=O) groups excluding carboxylic acids is 2. The Morgan fingerprint density at radius 3 is 2.61 bits per heavy atom. The van der Waals surface area contributed by atoms with E-state index in [9.17, 15) is 14.0 Å². The number of carbonyl (C=O) groups is 2. The number of aromatic nitrogens is 1. The molecule has 1 heterocycles. The summed E-state index contributed by atoms with van der Waals surface area (Å²) >= 11 is 4.70. The summed E-state index contributed by atoms with van der Waals surface area (Å²) in [6.45, 7) is 0. The van der Waals surface area contributed by atoms with Crippen LogP contribution in [-0.2, 0) is 0 Å². The molecule has 4 nitrogen and oxygen atoms in total. The molecule has 0 radical (unpaired) electrons. The third-order valence-electron chi connectivity index (χ3n) is 4.61. The number of amides is 1. The fourth-order valence-electron chi connectivity index (χ4n) is 3.05. The highest BCUT2D eigenvalue weighted by atomic mass is 79.9. The summed E-state index contributed by atoms with van der Waals surface area (Å²) in [5.41, 5.74) is 1.46. The highest BCUT2D eigenvalue weighted by molar-refractivity contribution is 9.10. The normalized spacial score (nSPS) is 10.8. The number of anilines is 1. The van der Waals surface area contributed by atoms with Crippen molar-refractivity contribution in [1.29, 1.82) is 0 Å². The molecule has 0 atom stereocenters. The molecule has 0 aliphatic heterocycles. The van der Waals surface area contributed by atoms with Crippen molar-refractivity contribution in [2.75, 3.05) is 11.1 Å². The average molecular weight is 495 g/mol. The van der Waals surface area contributed by atoms with Crippen LogP contribution in [0.2, 0.25) is 0 Å². The molecule has 0 bridgehead atoms. The van der Waals surface area contributed by atoms with E-state index in [0.717, 1.165) is 15.2 Å². The van der Waals surface area contributed by atoms with Gasteiger partial charge in [0, 0.05) is 21.9 Å². The molecule has 0 fully saturated rings. The number of hydrogen-bond acceptors (Lipinski definition) is 4. The molecular weight excluding hydrogens is 479 g/mol. The Labute approximate surface area is 191 Å². The molecule has 31 heavy (non-hydrogen) atoms. The van der Waals surface area contributed by atoms with Crippen LogP contribution < -0.4 is 5.32 Å². The fourth-order valence-corrected chi connectivity index (χ4v) is 4.45. The van der Waals surface area contributed by atoms with Crippen molar-refractivity contribution in [2.24, 2.45) is 0 Å². The Kier molecular flexibility index (Phi) is 6.44. The van der Waals surface area contributed by atoms with Crippen molar-refractivity contribution in [2.45, 2.75) is 5.03 Å². The first-order chi connectivity index (χ1) is 15.0. The molecule has 1 N–H and O–H groups in total. The third kappa shape index (κ3) is 5.00. The standard InChI is InChI=1S/C24H16BrFN2O2S/c25-21-5-1-3-16-13-18(10-11-19(16)21)28-23(30)20-4-2-12-27-24(20)31-14-22(29)15-6-8-17(26)9-7-15/h1-13H,14H2,(H,28,30). The van der Waals surface area contributed by atoms with E-state index in [0.29, 0.717) is 21.8 Å². The number of rotatable bonds is 6. The number of ketones is 1. The van der Waals surface area contributed by atoms with Crippen molar-refractivity contribution in [3.05, 3.63) is 100 Å². The number of Topliss-reactive ketones (excluding diaryl/α,β-unsaturated/α-hetero) is 1. The highest BCUT2D eigenvalue weighted by Gasteiger charge is 2.15. The second-order valence-corrected chi connectivity index (χ2v) is 8.52. The van der Waals surface area contributed by atoms with E-state index < -0.39 is 5.82 Å². The minimum absolute atomic E-state index is 0.0902. The number of nitrogens with one attached hydrogen (secondary N) is 1. The Balaban J connectivity index is 1.49. The van der Waals surface area contributed by atoms with Crippen molar-refractivity contribution in [3.63, 3.8) is 0 Å². The van der Waals surface area contributed by atoms with Crippen LogP contribution >= 0.6 is 27.7 Å². The van der Waals surface area contributed by atoms with Gasteiger partial charge in [0.25, 0.3) is 5.91 Å². The van der Waals surface area contributed by atoms with Gasteiger partial charge in [-0.05, 0) is 65.4 Å². The van der Waals surface area contributed by atoms with Gasteiger partial charge in [-0.15, -0.1) is 0 Å². The molecule has 0 spiro atoms. The number of halogens is 2. The Hall–Kier alpha value is -3.03. The van der Waals surface area contributed by atoms with Crippen LogP contribution in [0.3, 0.4) is 0 Å². The van der Waals surface area contributed by atoms with Gasteiger partial charge < -0.3 is 5.32 Å². The van der Waals surface area contributed by atoms with E-state index in [1.807, 2.05) is 36.4 Å². The largest absolute Gasteiger partial charge is 0.322 e. The number of thioether (sulfide) groups is 1.